The molecule has 28 nitrogen and oxygen atoms in total. The number of benzene rings is 9. The first-order valence-electron chi connectivity index (χ1n) is 31.7. The fourth-order valence-electron chi connectivity index (χ4n) is 8.27. The summed E-state index contributed by atoms with van der Waals surface area (Å²) in [4.78, 5) is 65.5. The van der Waals surface area contributed by atoms with E-state index < -0.39 is 23.8 Å². The predicted molar refractivity (Wildman–Crippen MR) is 394 cm³/mol. The highest BCUT2D eigenvalue weighted by molar-refractivity contribution is 6.04. The number of carbonyl (C=O) groups excluding carboxylic acids is 3. The average molecular weight is 1400 g/mol. The topological polar surface area (TPSA) is 493 Å². The molecule has 0 unspecified atom stereocenters. The number of alkyl carbamates (subject to hydrolysis) is 1. The summed E-state index contributed by atoms with van der Waals surface area (Å²) in [6, 6.07) is 72.2. The summed E-state index contributed by atoms with van der Waals surface area (Å²) in [6.07, 6.45) is -0.647. The molecule has 2 heterocycles. The van der Waals surface area contributed by atoms with Gasteiger partial charge >= 0.3 is 23.8 Å². The van der Waals surface area contributed by atoms with Gasteiger partial charge in [0.15, 0.2) is 23.3 Å². The van der Waals surface area contributed by atoms with E-state index in [1.54, 1.807) is 67.6 Å². The van der Waals surface area contributed by atoms with Gasteiger partial charge in [-0.2, -0.15) is 4.98 Å². The molecule has 1 amide bonds. The Balaban J connectivity index is 0.000000195. The van der Waals surface area contributed by atoms with Gasteiger partial charge < -0.3 is 75.4 Å². The minimum absolute atomic E-state index is 0.00312. The van der Waals surface area contributed by atoms with Crippen LogP contribution in [0.1, 0.15) is 89.9 Å². The quantitative estimate of drug-likeness (QED) is 0.0148. The number of ether oxygens (including phenoxy) is 1. The zero-order valence-electron chi connectivity index (χ0n) is 56.6. The summed E-state index contributed by atoms with van der Waals surface area (Å²) >= 11 is 0. The molecule has 0 aliphatic heterocycles. The molecule has 11 rings (SSSR count). The van der Waals surface area contributed by atoms with Crippen LogP contribution in [0.2, 0.25) is 0 Å². The van der Waals surface area contributed by atoms with Crippen molar-refractivity contribution in [3.05, 3.63) is 325 Å². The van der Waals surface area contributed by atoms with Crippen LogP contribution in [-0.2, 0) is 76.5 Å². The Labute approximate surface area is 594 Å². The van der Waals surface area contributed by atoms with Gasteiger partial charge in [0.25, 0.3) is 0 Å². The van der Waals surface area contributed by atoms with Gasteiger partial charge in [-0.3, -0.25) is 20.2 Å². The number of aromatic amines is 1. The fraction of sp³-hybridized carbons (Fsp3) is 0.133. The lowest BCUT2D eigenvalue weighted by atomic mass is 10.1. The number of oxime groups is 3. The Morgan fingerprint density at radius 1 is 0.447 bits per heavy atom. The monoisotopic (exact) mass is 1390 g/mol. The molecule has 0 saturated heterocycles. The zero-order valence-corrected chi connectivity index (χ0v) is 56.6. The molecular formula is C75H82N18O10. The van der Waals surface area contributed by atoms with Gasteiger partial charge in [-0.05, 0) is 56.6 Å². The Hall–Kier alpha value is -13.1. The number of aryl methyl sites for hydroxylation is 1. The van der Waals surface area contributed by atoms with Crippen molar-refractivity contribution in [1.82, 2.24) is 25.6 Å². The van der Waals surface area contributed by atoms with Crippen molar-refractivity contribution in [2.24, 2.45) is 67.1 Å². The van der Waals surface area contributed by atoms with Crippen LogP contribution in [-0.4, -0.2) is 61.7 Å². The molecular weight excluding hydrogens is 1310 g/mol. The molecule has 9 aromatic carbocycles. The molecule has 0 bridgehead atoms. The van der Waals surface area contributed by atoms with Crippen LogP contribution in [0, 0.1) is 12.3 Å². The summed E-state index contributed by atoms with van der Waals surface area (Å²) in [6.45, 7) is 6.54. The first-order chi connectivity index (χ1) is 49.9. The largest absolute Gasteiger partial charge is 0.444 e. The number of aromatic nitrogens is 4. The van der Waals surface area contributed by atoms with Crippen molar-refractivity contribution in [1.29, 1.82) is 5.41 Å². The van der Waals surface area contributed by atoms with Crippen LogP contribution in [0.5, 0.6) is 0 Å². The van der Waals surface area contributed by atoms with E-state index in [2.05, 4.69) is 50.4 Å². The van der Waals surface area contributed by atoms with E-state index in [-0.39, 0.29) is 24.1 Å². The summed E-state index contributed by atoms with van der Waals surface area (Å²) < 4.78 is 14.3. The van der Waals surface area contributed by atoms with Gasteiger partial charge in [-0.1, -0.05) is 250 Å². The fourth-order valence-corrected chi connectivity index (χ4v) is 8.27. The van der Waals surface area contributed by atoms with Crippen molar-refractivity contribution in [2.75, 3.05) is 0 Å². The third-order valence-electron chi connectivity index (χ3n) is 14.0. The van der Waals surface area contributed by atoms with Crippen molar-refractivity contribution >= 4 is 41.4 Å². The molecule has 0 radical (unpaired) electrons. The van der Waals surface area contributed by atoms with E-state index in [0.29, 0.717) is 91.5 Å². The number of amidine groups is 4. The molecule has 103 heavy (non-hydrogen) atoms. The lowest BCUT2D eigenvalue weighted by molar-refractivity contribution is -0.140. The lowest BCUT2D eigenvalue weighted by Gasteiger charge is -2.08. The predicted octanol–water partition coefficient (Wildman–Crippen LogP) is 8.32. The van der Waals surface area contributed by atoms with Gasteiger partial charge in [0.05, 0.1) is 5.56 Å². The standard InChI is InChI=1S/C16H17N3O2.C15H15N3O2.C15H17N3O.C10H13N3O2.C10H11N3O.C9H9N3O2/c17-10-12-6-8-14(9-7-12)15(18)19-16(20)21-11-13-4-2-1-3-5-13;16-10-11-6-8-12(9-7-11)14(17)18-20-15(19)13-4-2-1-3-5-13;16-10-12-6-8-14(9-7-12)15(17)18-19-11-13-4-2-1-3-5-13;1-7(14)15-13-10(12)9-4-2-8(6-11)3-5-9;1-7-12-10(13-14-7)9-4-2-8(6-11)3-5-9;10-5-6-1-3-7(4-2-6)8-11-9(13)14-12-8/h1-9H,10-11,17H2,(H2,18,19,20);1-9H,10,16H2,(H2,17,18);1-9H,10-11,16H2,(H2,17,18);2-5H,6,11H2,1H3,(H2,12,13);2-5H,6,11H2,1H3;1-4H,5,10H2,(H,11,12,13). The molecule has 0 fully saturated rings. The second-order valence-corrected chi connectivity index (χ2v) is 21.6. The van der Waals surface area contributed by atoms with Crippen molar-refractivity contribution in [2.45, 2.75) is 66.3 Å². The van der Waals surface area contributed by atoms with Gasteiger partial charge in [-0.15, -0.1) is 0 Å². The number of nitrogens with one attached hydrogen (secondary N) is 3. The van der Waals surface area contributed by atoms with E-state index in [9.17, 15) is 19.2 Å². The van der Waals surface area contributed by atoms with Crippen LogP contribution in [0.4, 0.5) is 4.79 Å². The van der Waals surface area contributed by atoms with E-state index in [4.69, 9.17) is 75.9 Å². The number of amides is 1. The second-order valence-electron chi connectivity index (χ2n) is 21.6. The van der Waals surface area contributed by atoms with Crippen LogP contribution in [0.25, 0.3) is 22.8 Å². The van der Waals surface area contributed by atoms with Crippen LogP contribution in [0.15, 0.2) is 266 Å². The number of hydrogen-bond donors (Lipinski definition) is 12. The Bertz CT molecular complexity index is 4500. The highest BCUT2D eigenvalue weighted by atomic mass is 16.7. The molecule has 0 spiro atoms. The van der Waals surface area contributed by atoms with Gasteiger partial charge in [0.1, 0.15) is 19.0 Å². The molecule has 0 atom stereocenters. The van der Waals surface area contributed by atoms with Gasteiger partial charge in [0, 0.05) is 86.5 Å². The van der Waals surface area contributed by atoms with E-state index in [0.717, 1.165) is 61.2 Å². The highest BCUT2D eigenvalue weighted by Gasteiger charge is 2.11. The van der Waals surface area contributed by atoms with Crippen molar-refractivity contribution in [3.63, 3.8) is 0 Å². The molecule has 2 aromatic heterocycles. The second kappa shape index (κ2) is 43.3. The van der Waals surface area contributed by atoms with Crippen LogP contribution < -0.4 is 62.7 Å². The summed E-state index contributed by atoms with van der Waals surface area (Å²) in [5, 5.41) is 28.6. The third-order valence-corrected chi connectivity index (χ3v) is 14.0. The number of H-pyrrole nitrogens is 1. The number of nitrogens with zero attached hydrogens (tertiary/aromatic N) is 6. The maximum Gasteiger partial charge on any atom is 0.439 e. The first kappa shape index (κ1) is 78.9. The zero-order chi connectivity index (χ0) is 74.1. The average Bonchev–Trinajstić information content (AvgIpc) is 1.80. The molecule has 532 valence electrons. The Morgan fingerprint density at radius 2 is 0.825 bits per heavy atom. The van der Waals surface area contributed by atoms with Crippen LogP contribution >= 0.6 is 0 Å². The Kier molecular flexibility index (Phi) is 33.2. The SMILES string of the molecule is CC(=O)O/N=C(\N)c1ccc(CN)cc1.Cc1nc(-c2ccc(CN)cc2)no1.N=C(NC(=O)OCc1ccccc1)c1ccc(CN)cc1.NCc1ccc(-c2noc(=O)[nH]2)cc1.NCc1ccc(/C(N)=N/OC(=O)c2ccccc2)cc1.NCc1ccc(/C(N)=N/OCc2ccccc2)cc1. The normalized spacial score (nSPS) is 10.7. The molecule has 21 N–H and O–H groups in total. The van der Waals surface area contributed by atoms with Crippen LogP contribution in [0.3, 0.4) is 0 Å². The van der Waals surface area contributed by atoms with Gasteiger partial charge in [-0.25, -0.2) is 19.2 Å². The molecule has 0 saturated carbocycles. The number of rotatable bonds is 20. The summed E-state index contributed by atoms with van der Waals surface area (Å²) in [5.74, 6) is 0.668. The molecule has 0 aliphatic rings. The smallest absolute Gasteiger partial charge is 0.439 e. The number of nitrogens with two attached hydrogens (primary N) is 9. The maximum atomic E-state index is 11.7. The van der Waals surface area contributed by atoms with E-state index in [1.807, 2.05) is 176 Å². The minimum Gasteiger partial charge on any atom is -0.444 e. The lowest BCUT2D eigenvalue weighted by Crippen LogP contribution is -2.31. The maximum absolute atomic E-state index is 11.7. The minimum atomic E-state index is -0.647. The van der Waals surface area contributed by atoms with Crippen molar-refractivity contribution < 1.29 is 42.7 Å². The Morgan fingerprint density at radius 3 is 1.21 bits per heavy atom. The highest BCUT2D eigenvalue weighted by Crippen LogP contribution is 2.17. The number of hydrogen-bond acceptors (Lipinski definition) is 23. The van der Waals surface area contributed by atoms with E-state index in [1.165, 1.54) is 6.92 Å². The van der Waals surface area contributed by atoms with Crippen molar-refractivity contribution in [3.8, 4) is 22.8 Å². The first-order valence-corrected chi connectivity index (χ1v) is 31.7. The molecule has 11 aromatic rings. The third kappa shape index (κ3) is 28.4. The summed E-state index contributed by atoms with van der Waals surface area (Å²) in [7, 11) is 0. The number of carbonyl (C=O) groups is 3. The molecule has 0 aliphatic carbocycles. The van der Waals surface area contributed by atoms with E-state index >= 15 is 0 Å². The summed E-state index contributed by atoms with van der Waals surface area (Å²) in [5.41, 5.74) is 63.1. The van der Waals surface area contributed by atoms with Gasteiger partial charge in [0.2, 0.25) is 11.7 Å². The molecule has 28 heteroatoms.